The van der Waals surface area contributed by atoms with Crippen LogP contribution in [0.2, 0.25) is 0 Å². The van der Waals surface area contributed by atoms with Crippen molar-refractivity contribution in [1.29, 1.82) is 5.26 Å². The molecule has 3 aromatic rings. The number of nitriles is 1. The lowest BCUT2D eigenvalue weighted by Gasteiger charge is -2.22. The molecule has 0 bridgehead atoms. The summed E-state index contributed by atoms with van der Waals surface area (Å²) in [6.07, 6.45) is 7.95. The Bertz CT molecular complexity index is 1310. The number of ether oxygens (including phenoxy) is 1. The normalized spacial score (nSPS) is 14.6. The van der Waals surface area contributed by atoms with E-state index in [1.54, 1.807) is 24.4 Å². The van der Waals surface area contributed by atoms with Crippen LogP contribution < -0.4 is 15.6 Å². The third kappa shape index (κ3) is 4.96. The van der Waals surface area contributed by atoms with Gasteiger partial charge < -0.3 is 10.1 Å². The van der Waals surface area contributed by atoms with Gasteiger partial charge in [-0.2, -0.15) is 10.2 Å². The van der Waals surface area contributed by atoms with Crippen LogP contribution in [0.3, 0.4) is 0 Å². The van der Waals surface area contributed by atoms with Gasteiger partial charge in [-0.3, -0.25) is 14.0 Å². The lowest BCUT2D eigenvalue weighted by atomic mass is 9.95. The van der Waals surface area contributed by atoms with E-state index in [4.69, 9.17) is 4.74 Å². The van der Waals surface area contributed by atoms with Crippen LogP contribution in [0.15, 0.2) is 53.0 Å². The van der Waals surface area contributed by atoms with Crippen LogP contribution >= 0.6 is 0 Å². The molecule has 0 radical (unpaired) electrons. The predicted octanol–water partition coefficient (Wildman–Crippen LogP) is 4.46. The molecule has 2 aromatic heterocycles. The van der Waals surface area contributed by atoms with E-state index in [2.05, 4.69) is 10.3 Å². The lowest BCUT2D eigenvalue weighted by molar-refractivity contribution is -0.117. The van der Waals surface area contributed by atoms with Gasteiger partial charge in [0.2, 0.25) is 5.88 Å². The van der Waals surface area contributed by atoms with Gasteiger partial charge in [0, 0.05) is 12.2 Å². The van der Waals surface area contributed by atoms with E-state index in [0.29, 0.717) is 11.4 Å². The second kappa shape index (κ2) is 9.70. The van der Waals surface area contributed by atoms with Crippen LogP contribution in [0.25, 0.3) is 11.7 Å². The number of hydrogen-bond donors (Lipinski definition) is 1. The number of nitrogens with one attached hydrogen (secondary N) is 1. The average molecular weight is 443 g/mol. The molecule has 1 amide bonds. The summed E-state index contributed by atoms with van der Waals surface area (Å²) in [6.45, 7) is 3.82. The van der Waals surface area contributed by atoms with Crippen molar-refractivity contribution in [2.24, 2.45) is 0 Å². The molecule has 4 rings (SSSR count). The maximum absolute atomic E-state index is 13.4. The SMILES string of the molecule is Cc1ccc(Oc2nc3c(C)cccn3c(=O)c2C=C(C#N)C(=O)NC2CCCCC2)cc1. The van der Waals surface area contributed by atoms with E-state index >= 15 is 0 Å². The molecule has 7 heteroatoms. The van der Waals surface area contributed by atoms with Gasteiger partial charge in [-0.1, -0.05) is 43.0 Å². The molecular weight excluding hydrogens is 416 g/mol. The largest absolute Gasteiger partial charge is 0.438 e. The average Bonchev–Trinajstić information content (AvgIpc) is 2.82. The Hall–Kier alpha value is -3.92. The minimum absolute atomic E-state index is 0.0461. The van der Waals surface area contributed by atoms with Crippen LogP contribution in [0.5, 0.6) is 11.6 Å². The number of carbonyl (C=O) groups excluding carboxylic acids is 1. The van der Waals surface area contributed by atoms with Crippen LogP contribution in [0.1, 0.15) is 48.8 Å². The van der Waals surface area contributed by atoms with Crippen molar-refractivity contribution >= 4 is 17.6 Å². The van der Waals surface area contributed by atoms with Crippen molar-refractivity contribution in [3.8, 4) is 17.7 Å². The van der Waals surface area contributed by atoms with Gasteiger partial charge in [-0.05, 0) is 56.5 Å². The standard InChI is InChI=1S/C26H26N4O3/c1-17-10-12-21(13-11-17)33-25-22(26(32)30-14-6-7-18(2)23(30)29-25)15-19(16-27)24(31)28-20-8-4-3-5-9-20/h6-7,10-15,20H,3-5,8-9H2,1-2H3,(H,28,31). The summed E-state index contributed by atoms with van der Waals surface area (Å²) >= 11 is 0. The number of aryl methyl sites for hydroxylation is 2. The van der Waals surface area contributed by atoms with Gasteiger partial charge in [-0.15, -0.1) is 0 Å². The minimum Gasteiger partial charge on any atom is -0.438 e. The molecule has 0 saturated heterocycles. The number of nitrogens with zero attached hydrogens (tertiary/aromatic N) is 3. The first-order chi connectivity index (χ1) is 16.0. The lowest BCUT2D eigenvalue weighted by Crippen LogP contribution is -2.36. The highest BCUT2D eigenvalue weighted by Crippen LogP contribution is 2.25. The van der Waals surface area contributed by atoms with Gasteiger partial charge in [0.15, 0.2) is 0 Å². The van der Waals surface area contributed by atoms with Gasteiger partial charge >= 0.3 is 0 Å². The Morgan fingerprint density at radius 2 is 1.91 bits per heavy atom. The zero-order valence-corrected chi connectivity index (χ0v) is 18.8. The number of rotatable bonds is 5. The van der Waals surface area contributed by atoms with Crippen LogP contribution in [-0.2, 0) is 4.79 Å². The first kappa shape index (κ1) is 22.3. The van der Waals surface area contributed by atoms with Crippen molar-refractivity contribution in [2.45, 2.75) is 52.0 Å². The molecule has 0 spiro atoms. The Labute approximate surface area is 192 Å². The van der Waals surface area contributed by atoms with Crippen molar-refractivity contribution in [2.75, 3.05) is 0 Å². The fourth-order valence-corrected chi connectivity index (χ4v) is 4.01. The maximum Gasteiger partial charge on any atom is 0.269 e. The Morgan fingerprint density at radius 1 is 1.18 bits per heavy atom. The molecule has 1 saturated carbocycles. The van der Waals surface area contributed by atoms with E-state index in [1.165, 1.54) is 10.5 Å². The number of benzene rings is 1. The van der Waals surface area contributed by atoms with Crippen molar-refractivity contribution in [3.05, 3.63) is 75.2 Å². The fraction of sp³-hybridized carbons (Fsp3) is 0.308. The summed E-state index contributed by atoms with van der Waals surface area (Å²) in [5.74, 6) is 0.0704. The Morgan fingerprint density at radius 3 is 2.61 bits per heavy atom. The molecule has 33 heavy (non-hydrogen) atoms. The third-order valence-corrected chi connectivity index (χ3v) is 5.88. The predicted molar refractivity (Wildman–Crippen MR) is 126 cm³/mol. The van der Waals surface area contributed by atoms with Crippen molar-refractivity contribution in [3.63, 3.8) is 0 Å². The van der Waals surface area contributed by atoms with Gasteiger partial charge in [-0.25, -0.2) is 0 Å². The van der Waals surface area contributed by atoms with Crippen LogP contribution in [0.4, 0.5) is 0 Å². The first-order valence-electron chi connectivity index (χ1n) is 11.2. The van der Waals surface area contributed by atoms with Gasteiger partial charge in [0.1, 0.15) is 28.6 Å². The van der Waals surface area contributed by atoms with E-state index < -0.39 is 11.5 Å². The zero-order valence-electron chi connectivity index (χ0n) is 18.8. The molecule has 0 aliphatic heterocycles. The van der Waals surface area contributed by atoms with E-state index in [1.807, 2.05) is 38.1 Å². The topological polar surface area (TPSA) is 96.5 Å². The number of amides is 1. The van der Waals surface area contributed by atoms with Crippen LogP contribution in [-0.4, -0.2) is 21.3 Å². The van der Waals surface area contributed by atoms with E-state index in [0.717, 1.165) is 43.2 Å². The number of aromatic nitrogens is 2. The van der Waals surface area contributed by atoms with Crippen molar-refractivity contribution in [1.82, 2.24) is 14.7 Å². The summed E-state index contributed by atoms with van der Waals surface area (Å²) < 4.78 is 7.37. The Balaban J connectivity index is 1.79. The molecule has 168 valence electrons. The summed E-state index contributed by atoms with van der Waals surface area (Å²) in [5.41, 5.74) is 1.80. The minimum atomic E-state index is -0.487. The van der Waals surface area contributed by atoms with E-state index in [-0.39, 0.29) is 23.1 Å². The molecule has 1 aliphatic carbocycles. The summed E-state index contributed by atoms with van der Waals surface area (Å²) in [7, 11) is 0. The number of pyridine rings is 1. The first-order valence-corrected chi connectivity index (χ1v) is 11.2. The monoisotopic (exact) mass is 442 g/mol. The Kier molecular flexibility index (Phi) is 6.55. The number of hydrogen-bond acceptors (Lipinski definition) is 5. The van der Waals surface area contributed by atoms with Gasteiger partial charge in [0.25, 0.3) is 11.5 Å². The zero-order chi connectivity index (χ0) is 23.4. The molecule has 0 unspecified atom stereocenters. The van der Waals surface area contributed by atoms with Crippen LogP contribution in [0, 0.1) is 25.2 Å². The molecule has 1 aromatic carbocycles. The highest BCUT2D eigenvalue weighted by molar-refractivity contribution is 6.02. The molecule has 7 nitrogen and oxygen atoms in total. The second-order valence-corrected chi connectivity index (χ2v) is 8.41. The van der Waals surface area contributed by atoms with E-state index in [9.17, 15) is 14.9 Å². The molecule has 2 heterocycles. The highest BCUT2D eigenvalue weighted by atomic mass is 16.5. The maximum atomic E-state index is 13.4. The number of carbonyl (C=O) groups is 1. The number of fused-ring (bicyclic) bond motifs is 1. The molecule has 0 atom stereocenters. The molecular formula is C26H26N4O3. The molecule has 1 aliphatic rings. The quantitative estimate of drug-likeness (QED) is 0.465. The summed E-state index contributed by atoms with van der Waals surface area (Å²) in [5, 5.41) is 12.6. The molecule has 1 fully saturated rings. The fourth-order valence-electron chi connectivity index (χ4n) is 4.01. The third-order valence-electron chi connectivity index (χ3n) is 5.88. The summed E-state index contributed by atoms with van der Waals surface area (Å²) in [6, 6.07) is 12.9. The summed E-state index contributed by atoms with van der Waals surface area (Å²) in [4.78, 5) is 30.7. The molecule has 1 N–H and O–H groups in total. The van der Waals surface area contributed by atoms with Crippen molar-refractivity contribution < 1.29 is 9.53 Å². The highest BCUT2D eigenvalue weighted by Gasteiger charge is 2.21. The second-order valence-electron chi connectivity index (χ2n) is 8.41. The van der Waals surface area contributed by atoms with Gasteiger partial charge in [0.05, 0.1) is 0 Å². The smallest absolute Gasteiger partial charge is 0.269 e.